The first kappa shape index (κ1) is 19.2. The SMILES string of the molecule is Cc1ccccc1-c1nnn(CC(=O)N(CCC(N)=O)Cc2ccccc2)n1. The van der Waals surface area contributed by atoms with Gasteiger partial charge in [0, 0.05) is 25.1 Å². The molecule has 1 aromatic heterocycles. The quantitative estimate of drug-likeness (QED) is 0.640. The van der Waals surface area contributed by atoms with E-state index in [1.165, 1.54) is 4.80 Å². The van der Waals surface area contributed by atoms with Crippen molar-refractivity contribution >= 4 is 11.8 Å². The third-order valence-corrected chi connectivity index (χ3v) is 4.31. The van der Waals surface area contributed by atoms with Crippen LogP contribution in [0.25, 0.3) is 11.4 Å². The number of benzene rings is 2. The summed E-state index contributed by atoms with van der Waals surface area (Å²) >= 11 is 0. The maximum absolute atomic E-state index is 12.8. The summed E-state index contributed by atoms with van der Waals surface area (Å²) in [7, 11) is 0. The normalized spacial score (nSPS) is 10.6. The van der Waals surface area contributed by atoms with Gasteiger partial charge < -0.3 is 10.6 Å². The van der Waals surface area contributed by atoms with Crippen LogP contribution in [-0.4, -0.2) is 43.5 Å². The van der Waals surface area contributed by atoms with E-state index in [1.807, 2.05) is 61.5 Å². The van der Waals surface area contributed by atoms with Gasteiger partial charge in [-0.05, 0) is 23.3 Å². The van der Waals surface area contributed by atoms with Crippen molar-refractivity contribution in [1.29, 1.82) is 0 Å². The number of tetrazole rings is 1. The molecule has 0 saturated heterocycles. The second-order valence-corrected chi connectivity index (χ2v) is 6.48. The highest BCUT2D eigenvalue weighted by molar-refractivity contribution is 5.78. The second-order valence-electron chi connectivity index (χ2n) is 6.48. The third-order valence-electron chi connectivity index (χ3n) is 4.31. The molecule has 3 rings (SSSR count). The van der Waals surface area contributed by atoms with E-state index in [9.17, 15) is 9.59 Å². The summed E-state index contributed by atoms with van der Waals surface area (Å²) < 4.78 is 0. The van der Waals surface area contributed by atoms with Crippen LogP contribution in [-0.2, 0) is 22.7 Å². The molecule has 2 aromatic carbocycles. The molecular formula is C20H22N6O2. The Morgan fingerprint density at radius 2 is 1.79 bits per heavy atom. The molecule has 0 aliphatic rings. The highest BCUT2D eigenvalue weighted by Gasteiger charge is 2.17. The Kier molecular flexibility index (Phi) is 6.11. The molecule has 0 unspecified atom stereocenters. The lowest BCUT2D eigenvalue weighted by Crippen LogP contribution is -2.36. The molecule has 8 nitrogen and oxygen atoms in total. The zero-order valence-electron chi connectivity index (χ0n) is 15.7. The Morgan fingerprint density at radius 1 is 1.07 bits per heavy atom. The van der Waals surface area contributed by atoms with Crippen molar-refractivity contribution in [3.05, 3.63) is 65.7 Å². The second kappa shape index (κ2) is 8.90. The number of nitrogens with zero attached hydrogens (tertiary/aromatic N) is 5. The van der Waals surface area contributed by atoms with Gasteiger partial charge in [-0.3, -0.25) is 9.59 Å². The first-order valence-electron chi connectivity index (χ1n) is 8.97. The van der Waals surface area contributed by atoms with Crippen molar-refractivity contribution in [3.63, 3.8) is 0 Å². The highest BCUT2D eigenvalue weighted by Crippen LogP contribution is 2.17. The lowest BCUT2D eigenvalue weighted by Gasteiger charge is -2.22. The average molecular weight is 378 g/mol. The topological polar surface area (TPSA) is 107 Å². The van der Waals surface area contributed by atoms with E-state index in [2.05, 4.69) is 15.4 Å². The molecule has 2 N–H and O–H groups in total. The molecule has 0 aliphatic carbocycles. The smallest absolute Gasteiger partial charge is 0.246 e. The fourth-order valence-corrected chi connectivity index (χ4v) is 2.80. The van der Waals surface area contributed by atoms with Gasteiger partial charge in [-0.25, -0.2) is 0 Å². The van der Waals surface area contributed by atoms with Crippen LogP contribution in [0, 0.1) is 6.92 Å². The standard InChI is InChI=1S/C20H22N6O2/c1-15-7-5-6-10-17(15)20-22-24-26(23-20)14-19(28)25(12-11-18(21)27)13-16-8-3-2-4-9-16/h2-10H,11-14H2,1H3,(H2,21,27). The lowest BCUT2D eigenvalue weighted by atomic mass is 10.1. The summed E-state index contributed by atoms with van der Waals surface area (Å²) in [5.41, 5.74) is 8.12. The Morgan fingerprint density at radius 3 is 2.50 bits per heavy atom. The molecule has 0 saturated carbocycles. The lowest BCUT2D eigenvalue weighted by molar-refractivity contribution is -0.133. The van der Waals surface area contributed by atoms with Crippen molar-refractivity contribution in [3.8, 4) is 11.4 Å². The number of aromatic nitrogens is 4. The molecule has 144 valence electrons. The van der Waals surface area contributed by atoms with E-state index < -0.39 is 5.91 Å². The summed E-state index contributed by atoms with van der Waals surface area (Å²) in [6.45, 7) is 2.52. The number of hydrogen-bond acceptors (Lipinski definition) is 5. The molecule has 0 atom stereocenters. The number of rotatable bonds is 8. The van der Waals surface area contributed by atoms with Crippen molar-refractivity contribution in [2.24, 2.45) is 5.73 Å². The number of carbonyl (C=O) groups is 2. The van der Waals surface area contributed by atoms with E-state index in [0.717, 1.165) is 16.7 Å². The fraction of sp³-hybridized carbons (Fsp3) is 0.250. The van der Waals surface area contributed by atoms with Crippen LogP contribution in [0.15, 0.2) is 54.6 Å². The van der Waals surface area contributed by atoms with Gasteiger partial charge >= 0.3 is 0 Å². The molecule has 0 radical (unpaired) electrons. The van der Waals surface area contributed by atoms with Crippen LogP contribution >= 0.6 is 0 Å². The third kappa shape index (κ3) is 5.00. The van der Waals surface area contributed by atoms with Gasteiger partial charge in [0.2, 0.25) is 17.6 Å². The molecule has 3 aromatic rings. The van der Waals surface area contributed by atoms with Gasteiger partial charge in [-0.15, -0.1) is 10.2 Å². The molecule has 0 aliphatic heterocycles. The average Bonchev–Trinajstić information content (AvgIpc) is 3.14. The molecule has 8 heteroatoms. The summed E-state index contributed by atoms with van der Waals surface area (Å²) in [6, 6.07) is 17.3. The van der Waals surface area contributed by atoms with Crippen LogP contribution < -0.4 is 5.73 Å². The zero-order chi connectivity index (χ0) is 19.9. The summed E-state index contributed by atoms with van der Waals surface area (Å²) in [5.74, 6) is -0.192. The maximum Gasteiger partial charge on any atom is 0.246 e. The van der Waals surface area contributed by atoms with Crippen LogP contribution in [0.3, 0.4) is 0 Å². The van der Waals surface area contributed by atoms with Crippen molar-refractivity contribution < 1.29 is 9.59 Å². The summed E-state index contributed by atoms with van der Waals surface area (Å²) in [4.78, 5) is 26.8. The first-order chi connectivity index (χ1) is 13.5. The van der Waals surface area contributed by atoms with E-state index in [1.54, 1.807) is 4.90 Å². The van der Waals surface area contributed by atoms with Gasteiger partial charge in [-0.2, -0.15) is 4.80 Å². The van der Waals surface area contributed by atoms with E-state index in [0.29, 0.717) is 12.4 Å². The van der Waals surface area contributed by atoms with Crippen molar-refractivity contribution in [2.75, 3.05) is 6.54 Å². The van der Waals surface area contributed by atoms with Gasteiger partial charge in [-0.1, -0.05) is 54.6 Å². The molecular weight excluding hydrogens is 356 g/mol. The maximum atomic E-state index is 12.8. The van der Waals surface area contributed by atoms with E-state index in [4.69, 9.17) is 5.73 Å². The largest absolute Gasteiger partial charge is 0.370 e. The van der Waals surface area contributed by atoms with Crippen LogP contribution in [0.1, 0.15) is 17.5 Å². The van der Waals surface area contributed by atoms with E-state index >= 15 is 0 Å². The predicted octanol–water partition coefficient (Wildman–Crippen LogP) is 1.55. The number of carbonyl (C=O) groups excluding carboxylic acids is 2. The van der Waals surface area contributed by atoms with Crippen molar-refractivity contribution in [2.45, 2.75) is 26.4 Å². The van der Waals surface area contributed by atoms with Crippen LogP contribution in [0.4, 0.5) is 0 Å². The van der Waals surface area contributed by atoms with Gasteiger partial charge in [0.15, 0.2) is 0 Å². The summed E-state index contributed by atoms with van der Waals surface area (Å²) in [6.07, 6.45) is 0.0951. The van der Waals surface area contributed by atoms with Crippen LogP contribution in [0.2, 0.25) is 0 Å². The van der Waals surface area contributed by atoms with Gasteiger partial charge in [0.1, 0.15) is 6.54 Å². The number of aryl methyl sites for hydroxylation is 1. The highest BCUT2D eigenvalue weighted by atomic mass is 16.2. The minimum absolute atomic E-state index is 0.0650. The molecule has 0 bridgehead atoms. The number of nitrogens with two attached hydrogens (primary N) is 1. The predicted molar refractivity (Wildman–Crippen MR) is 104 cm³/mol. The molecule has 0 spiro atoms. The minimum atomic E-state index is -0.452. The Hall–Kier alpha value is -3.55. The number of hydrogen-bond donors (Lipinski definition) is 1. The Bertz CT molecular complexity index is 954. The molecule has 0 fully saturated rings. The van der Waals surface area contributed by atoms with Crippen LogP contribution in [0.5, 0.6) is 0 Å². The minimum Gasteiger partial charge on any atom is -0.370 e. The van der Waals surface area contributed by atoms with Gasteiger partial charge in [0.25, 0.3) is 0 Å². The fourth-order valence-electron chi connectivity index (χ4n) is 2.80. The number of amides is 2. The first-order valence-corrected chi connectivity index (χ1v) is 8.97. The van der Waals surface area contributed by atoms with Gasteiger partial charge in [0.05, 0.1) is 0 Å². The molecule has 28 heavy (non-hydrogen) atoms. The summed E-state index contributed by atoms with van der Waals surface area (Å²) in [5, 5.41) is 12.4. The zero-order valence-corrected chi connectivity index (χ0v) is 15.7. The van der Waals surface area contributed by atoms with Crippen molar-refractivity contribution in [1.82, 2.24) is 25.1 Å². The molecule has 2 amide bonds. The Labute approximate surface area is 163 Å². The Balaban J connectivity index is 1.72. The van der Waals surface area contributed by atoms with E-state index in [-0.39, 0.29) is 25.4 Å². The monoisotopic (exact) mass is 378 g/mol. The molecule has 1 heterocycles. The number of primary amides is 1.